The van der Waals surface area contributed by atoms with Gasteiger partial charge in [0, 0.05) is 24.7 Å². The number of esters is 1. The lowest BCUT2D eigenvalue weighted by Crippen LogP contribution is -2.39. The Bertz CT molecular complexity index is 1360. The number of hydrogen-bond acceptors (Lipinski definition) is 7. The largest absolute Gasteiger partial charge is 0.458 e. The predicted molar refractivity (Wildman–Crippen MR) is 130 cm³/mol. The summed E-state index contributed by atoms with van der Waals surface area (Å²) in [4.78, 5) is 34.4. The van der Waals surface area contributed by atoms with Crippen molar-refractivity contribution in [2.24, 2.45) is 4.99 Å². The van der Waals surface area contributed by atoms with Crippen molar-refractivity contribution in [3.05, 3.63) is 95.8 Å². The molecule has 1 unspecified atom stereocenters. The van der Waals surface area contributed by atoms with E-state index in [4.69, 9.17) is 4.74 Å². The number of carbonyl (C=O) groups is 1. The molecule has 1 aliphatic heterocycles. The minimum Gasteiger partial charge on any atom is -0.458 e. The Hall–Kier alpha value is -3.23. The zero-order valence-corrected chi connectivity index (χ0v) is 19.7. The maximum atomic E-state index is 13.5. The van der Waals surface area contributed by atoms with E-state index in [0.717, 1.165) is 16.1 Å². The molecule has 0 aliphatic carbocycles. The van der Waals surface area contributed by atoms with Gasteiger partial charge in [-0.1, -0.05) is 42.2 Å². The Morgan fingerprint density at radius 3 is 2.66 bits per heavy atom. The highest BCUT2D eigenvalue weighted by Gasteiger charge is 2.33. The number of benzene rings is 1. The van der Waals surface area contributed by atoms with Crippen molar-refractivity contribution in [3.63, 3.8) is 0 Å². The molecule has 164 valence electrons. The maximum Gasteiger partial charge on any atom is 0.338 e. The SMILES string of the molecule is C=CCOC(=O)C1=C(C)N=c2s/c(=C\c3ccc(N(C)C)cc3)c(=O)n2C1c1cccs1. The first-order chi connectivity index (χ1) is 15.4. The van der Waals surface area contributed by atoms with Crippen LogP contribution in [0.5, 0.6) is 0 Å². The van der Waals surface area contributed by atoms with Crippen LogP contribution < -0.4 is 19.8 Å². The van der Waals surface area contributed by atoms with Crippen LogP contribution in [0.25, 0.3) is 6.08 Å². The van der Waals surface area contributed by atoms with Crippen LogP contribution in [0.2, 0.25) is 0 Å². The van der Waals surface area contributed by atoms with E-state index in [1.807, 2.05) is 66.8 Å². The second-order valence-corrected chi connectivity index (χ2v) is 9.46. The molecule has 1 aliphatic rings. The van der Waals surface area contributed by atoms with Crippen molar-refractivity contribution in [3.8, 4) is 0 Å². The van der Waals surface area contributed by atoms with Gasteiger partial charge in [-0.15, -0.1) is 11.3 Å². The van der Waals surface area contributed by atoms with Gasteiger partial charge in [0.2, 0.25) is 0 Å². The van der Waals surface area contributed by atoms with Crippen molar-refractivity contribution in [1.82, 2.24) is 4.57 Å². The molecule has 6 nitrogen and oxygen atoms in total. The molecule has 0 bridgehead atoms. The zero-order chi connectivity index (χ0) is 22.8. The molecule has 0 saturated heterocycles. The van der Waals surface area contributed by atoms with E-state index in [-0.39, 0.29) is 12.2 Å². The molecule has 4 rings (SSSR count). The van der Waals surface area contributed by atoms with Crippen LogP contribution >= 0.6 is 22.7 Å². The summed E-state index contributed by atoms with van der Waals surface area (Å²) in [5.41, 5.74) is 2.77. The lowest BCUT2D eigenvalue weighted by atomic mass is 10.0. The topological polar surface area (TPSA) is 63.9 Å². The summed E-state index contributed by atoms with van der Waals surface area (Å²) in [5, 5.41) is 1.93. The van der Waals surface area contributed by atoms with Crippen molar-refractivity contribution >= 4 is 40.4 Å². The highest BCUT2D eigenvalue weighted by atomic mass is 32.1. The Kier molecular flexibility index (Phi) is 6.25. The first kappa shape index (κ1) is 22.0. The molecule has 0 radical (unpaired) electrons. The molecular weight excluding hydrogens is 442 g/mol. The fourth-order valence-electron chi connectivity index (χ4n) is 3.53. The highest BCUT2D eigenvalue weighted by Crippen LogP contribution is 2.33. The van der Waals surface area contributed by atoms with E-state index in [9.17, 15) is 9.59 Å². The predicted octanol–water partition coefficient (Wildman–Crippen LogP) is 3.09. The van der Waals surface area contributed by atoms with Gasteiger partial charge in [-0.25, -0.2) is 9.79 Å². The molecule has 2 aromatic heterocycles. The number of allylic oxidation sites excluding steroid dienone is 1. The smallest absolute Gasteiger partial charge is 0.338 e. The van der Waals surface area contributed by atoms with Gasteiger partial charge < -0.3 is 9.64 Å². The molecule has 32 heavy (non-hydrogen) atoms. The van der Waals surface area contributed by atoms with E-state index in [1.54, 1.807) is 11.5 Å². The summed E-state index contributed by atoms with van der Waals surface area (Å²) < 4.78 is 7.49. The summed E-state index contributed by atoms with van der Waals surface area (Å²) in [6.07, 6.45) is 3.38. The molecule has 0 saturated carbocycles. The second-order valence-electron chi connectivity index (χ2n) is 7.47. The number of nitrogens with zero attached hydrogens (tertiary/aromatic N) is 3. The Morgan fingerprint density at radius 1 is 1.28 bits per heavy atom. The van der Waals surface area contributed by atoms with Crippen molar-refractivity contribution < 1.29 is 9.53 Å². The minimum absolute atomic E-state index is 0.0974. The third-order valence-electron chi connectivity index (χ3n) is 5.09. The minimum atomic E-state index is -0.568. The van der Waals surface area contributed by atoms with Crippen LogP contribution in [-0.4, -0.2) is 31.2 Å². The van der Waals surface area contributed by atoms with E-state index in [0.29, 0.717) is 20.6 Å². The number of hydrogen-bond donors (Lipinski definition) is 0. The number of rotatable bonds is 6. The quantitative estimate of drug-likeness (QED) is 0.415. The van der Waals surface area contributed by atoms with E-state index in [1.165, 1.54) is 28.7 Å². The van der Waals surface area contributed by atoms with Gasteiger partial charge in [-0.3, -0.25) is 9.36 Å². The average molecular weight is 466 g/mol. The number of fused-ring (bicyclic) bond motifs is 1. The Labute approximate surface area is 193 Å². The van der Waals surface area contributed by atoms with Crippen LogP contribution in [0.1, 0.15) is 23.4 Å². The summed E-state index contributed by atoms with van der Waals surface area (Å²) in [6, 6.07) is 11.2. The molecule has 1 atom stereocenters. The molecular formula is C24H23N3O3S2. The van der Waals surface area contributed by atoms with Gasteiger partial charge in [-0.05, 0) is 42.1 Å². The normalized spacial score (nSPS) is 15.8. The summed E-state index contributed by atoms with van der Waals surface area (Å²) in [6.45, 7) is 5.48. The third kappa shape index (κ3) is 4.11. The van der Waals surface area contributed by atoms with Crippen LogP contribution in [0.3, 0.4) is 0 Å². The fourth-order valence-corrected chi connectivity index (χ4v) is 5.40. The first-order valence-electron chi connectivity index (χ1n) is 10.0. The van der Waals surface area contributed by atoms with Crippen LogP contribution in [0.4, 0.5) is 5.69 Å². The molecule has 8 heteroatoms. The molecule has 0 spiro atoms. The van der Waals surface area contributed by atoms with Crippen LogP contribution in [-0.2, 0) is 9.53 Å². The van der Waals surface area contributed by atoms with E-state index in [2.05, 4.69) is 11.6 Å². The Morgan fingerprint density at radius 2 is 2.03 bits per heavy atom. The average Bonchev–Trinajstić information content (AvgIpc) is 3.40. The second kappa shape index (κ2) is 9.10. The van der Waals surface area contributed by atoms with Crippen molar-refractivity contribution in [2.75, 3.05) is 25.6 Å². The summed E-state index contributed by atoms with van der Waals surface area (Å²) in [7, 11) is 3.97. The van der Waals surface area contributed by atoms with Gasteiger partial charge in [0.1, 0.15) is 12.6 Å². The van der Waals surface area contributed by atoms with Crippen LogP contribution in [0, 0.1) is 0 Å². The van der Waals surface area contributed by atoms with Gasteiger partial charge >= 0.3 is 5.97 Å². The molecule has 3 heterocycles. The standard InChI is InChI=1S/C24H23N3O3S2/c1-5-12-30-23(29)20-15(2)25-24-27(21(20)18-7-6-13-31-18)22(28)19(32-24)14-16-8-10-17(11-9-16)26(3)4/h5-11,13-14,21H,1,12H2,2-4H3/b19-14-. The van der Waals surface area contributed by atoms with Gasteiger partial charge in [0.15, 0.2) is 4.80 Å². The monoisotopic (exact) mass is 465 g/mol. The molecule has 0 amide bonds. The van der Waals surface area contributed by atoms with E-state index < -0.39 is 12.0 Å². The summed E-state index contributed by atoms with van der Waals surface area (Å²) in [5.74, 6) is -0.488. The molecule has 0 N–H and O–H groups in total. The zero-order valence-electron chi connectivity index (χ0n) is 18.1. The molecule has 1 aromatic carbocycles. The Balaban J connectivity index is 1.85. The highest BCUT2D eigenvalue weighted by molar-refractivity contribution is 7.10. The van der Waals surface area contributed by atoms with Crippen molar-refractivity contribution in [1.29, 1.82) is 0 Å². The number of anilines is 1. The van der Waals surface area contributed by atoms with Gasteiger partial charge in [-0.2, -0.15) is 0 Å². The van der Waals surface area contributed by atoms with Gasteiger partial charge in [0.25, 0.3) is 5.56 Å². The number of thiophene rings is 1. The first-order valence-corrected chi connectivity index (χ1v) is 11.7. The number of ether oxygens (including phenoxy) is 1. The third-order valence-corrected chi connectivity index (χ3v) is 7.00. The fraction of sp³-hybridized carbons (Fsp3) is 0.208. The van der Waals surface area contributed by atoms with Crippen molar-refractivity contribution in [2.45, 2.75) is 13.0 Å². The number of carbonyl (C=O) groups excluding carboxylic acids is 1. The lowest BCUT2D eigenvalue weighted by molar-refractivity contribution is -0.138. The van der Waals surface area contributed by atoms with Crippen LogP contribution in [0.15, 0.2) is 75.5 Å². The maximum absolute atomic E-state index is 13.5. The van der Waals surface area contributed by atoms with Gasteiger partial charge in [0.05, 0.1) is 15.8 Å². The van der Waals surface area contributed by atoms with E-state index >= 15 is 0 Å². The summed E-state index contributed by atoms with van der Waals surface area (Å²) >= 11 is 2.82. The molecule has 0 fully saturated rings. The molecule has 3 aromatic rings. The number of thiazole rings is 1. The lowest BCUT2D eigenvalue weighted by Gasteiger charge is -2.23. The number of aromatic nitrogens is 1.